The second-order valence-corrected chi connectivity index (χ2v) is 4.28. The van der Waals surface area contributed by atoms with Crippen LogP contribution in [0.2, 0.25) is 0 Å². The molecule has 0 amide bonds. The Morgan fingerprint density at radius 2 is 1.79 bits per heavy atom. The number of oxime groups is 1. The molecule has 1 aromatic rings. The lowest BCUT2D eigenvalue weighted by Crippen LogP contribution is -2.08. The monoisotopic (exact) mass is 255 g/mol. The molecule has 0 aliphatic heterocycles. The van der Waals surface area contributed by atoms with Gasteiger partial charge >= 0.3 is 5.97 Å². The topological polar surface area (TPSA) is 55.7 Å². The minimum Gasteiger partial charge on any atom is -0.312 e. The van der Waals surface area contributed by atoms with Crippen LogP contribution in [0.25, 0.3) is 0 Å². The van der Waals surface area contributed by atoms with Gasteiger partial charge in [0.05, 0.1) is 5.56 Å². The maximum atomic E-state index is 11.7. The van der Waals surface area contributed by atoms with E-state index in [0.29, 0.717) is 16.8 Å². The number of rotatable bonds is 2. The second kappa shape index (κ2) is 5.44. The number of carbonyl (C=O) groups is 2. The quantitative estimate of drug-likeness (QED) is 0.463. The fourth-order valence-electron chi connectivity index (χ4n) is 1.56. The van der Waals surface area contributed by atoms with E-state index in [1.165, 1.54) is 18.2 Å². The Kier molecular flexibility index (Phi) is 3.71. The third-order valence-corrected chi connectivity index (χ3v) is 2.68. The van der Waals surface area contributed by atoms with Crippen molar-refractivity contribution in [1.82, 2.24) is 0 Å². The summed E-state index contributed by atoms with van der Waals surface area (Å²) in [5.41, 5.74) is 2.65. The zero-order chi connectivity index (χ0) is 13.8. The fourth-order valence-corrected chi connectivity index (χ4v) is 1.56. The number of hydrogen-bond donors (Lipinski definition) is 0. The van der Waals surface area contributed by atoms with Crippen molar-refractivity contribution in [3.8, 4) is 0 Å². The predicted molar refractivity (Wildman–Crippen MR) is 71.9 cm³/mol. The van der Waals surface area contributed by atoms with Crippen LogP contribution in [0, 0.1) is 6.92 Å². The third-order valence-electron chi connectivity index (χ3n) is 2.68. The zero-order valence-corrected chi connectivity index (χ0v) is 10.7. The smallest absolute Gasteiger partial charge is 0.312 e. The van der Waals surface area contributed by atoms with E-state index in [-0.39, 0.29) is 5.78 Å². The van der Waals surface area contributed by atoms with Gasteiger partial charge in [0.15, 0.2) is 5.78 Å². The summed E-state index contributed by atoms with van der Waals surface area (Å²) in [5.74, 6) is -0.619. The molecule has 1 aromatic carbocycles. The van der Waals surface area contributed by atoms with Gasteiger partial charge in [-0.05, 0) is 49.8 Å². The minimum atomic E-state index is -0.523. The minimum absolute atomic E-state index is 0.0960. The van der Waals surface area contributed by atoms with E-state index >= 15 is 0 Å². The molecule has 2 rings (SSSR count). The third kappa shape index (κ3) is 3.25. The molecular weight excluding hydrogens is 242 g/mol. The Labute approximate surface area is 111 Å². The number of benzene rings is 1. The molecule has 0 radical (unpaired) electrons. The summed E-state index contributed by atoms with van der Waals surface area (Å²) in [4.78, 5) is 27.7. The molecule has 0 N–H and O–H groups in total. The average molecular weight is 255 g/mol. The van der Waals surface area contributed by atoms with Gasteiger partial charge in [0, 0.05) is 0 Å². The van der Waals surface area contributed by atoms with Gasteiger partial charge in [-0.15, -0.1) is 0 Å². The highest BCUT2D eigenvalue weighted by Crippen LogP contribution is 2.09. The van der Waals surface area contributed by atoms with E-state index in [1.54, 1.807) is 19.1 Å². The first kappa shape index (κ1) is 13.0. The van der Waals surface area contributed by atoms with Crippen molar-refractivity contribution in [1.29, 1.82) is 0 Å². The van der Waals surface area contributed by atoms with Crippen LogP contribution in [-0.2, 0) is 9.63 Å². The molecule has 4 heteroatoms. The van der Waals surface area contributed by atoms with E-state index in [2.05, 4.69) is 5.16 Å². The van der Waals surface area contributed by atoms with Crippen LogP contribution in [0.4, 0.5) is 0 Å². The number of aryl methyl sites for hydroxylation is 1. The largest absolute Gasteiger partial charge is 0.365 e. The maximum absolute atomic E-state index is 11.7. The van der Waals surface area contributed by atoms with Crippen LogP contribution in [0.5, 0.6) is 0 Å². The Bertz CT molecular complexity index is 607. The maximum Gasteiger partial charge on any atom is 0.365 e. The van der Waals surface area contributed by atoms with Gasteiger partial charge in [-0.3, -0.25) is 4.79 Å². The molecule has 0 aromatic heterocycles. The number of allylic oxidation sites excluding steroid dienone is 4. The van der Waals surface area contributed by atoms with Gasteiger partial charge in [0.2, 0.25) is 0 Å². The molecule has 96 valence electrons. The van der Waals surface area contributed by atoms with Gasteiger partial charge in [-0.1, -0.05) is 22.9 Å². The van der Waals surface area contributed by atoms with Gasteiger partial charge in [-0.25, -0.2) is 4.79 Å². The van der Waals surface area contributed by atoms with E-state index in [1.807, 2.05) is 19.1 Å². The molecule has 0 unspecified atom stereocenters. The van der Waals surface area contributed by atoms with Gasteiger partial charge in [0.1, 0.15) is 5.71 Å². The van der Waals surface area contributed by atoms with Crippen LogP contribution in [0.15, 0.2) is 53.2 Å². The van der Waals surface area contributed by atoms with Crippen molar-refractivity contribution >= 4 is 17.5 Å². The first-order chi connectivity index (χ1) is 9.06. The Morgan fingerprint density at radius 1 is 1.11 bits per heavy atom. The number of hydrogen-bond acceptors (Lipinski definition) is 4. The molecule has 0 heterocycles. The molecule has 0 saturated heterocycles. The molecule has 0 bridgehead atoms. The molecule has 1 aliphatic rings. The number of ketones is 1. The van der Waals surface area contributed by atoms with Crippen molar-refractivity contribution in [2.24, 2.45) is 5.16 Å². The average Bonchev–Trinajstić information content (AvgIpc) is 2.38. The van der Waals surface area contributed by atoms with Crippen LogP contribution in [0.3, 0.4) is 0 Å². The van der Waals surface area contributed by atoms with Gasteiger partial charge < -0.3 is 4.84 Å². The highest BCUT2D eigenvalue weighted by molar-refractivity contribution is 6.19. The fraction of sp³-hybridized carbons (Fsp3) is 0.133. The lowest BCUT2D eigenvalue weighted by molar-refractivity contribution is -0.110. The highest BCUT2D eigenvalue weighted by atomic mass is 16.7. The summed E-state index contributed by atoms with van der Waals surface area (Å²) in [5, 5.41) is 3.76. The Morgan fingerprint density at radius 3 is 2.42 bits per heavy atom. The Balaban J connectivity index is 2.08. The molecular formula is C15H13NO3. The number of carbonyl (C=O) groups excluding carboxylic acids is 2. The Hall–Kier alpha value is -2.49. The summed E-state index contributed by atoms with van der Waals surface area (Å²) in [6, 6.07) is 7.02. The van der Waals surface area contributed by atoms with Crippen LogP contribution in [0.1, 0.15) is 22.8 Å². The first-order valence-electron chi connectivity index (χ1n) is 5.83. The lowest BCUT2D eigenvalue weighted by Gasteiger charge is -2.05. The summed E-state index contributed by atoms with van der Waals surface area (Å²) >= 11 is 0. The summed E-state index contributed by atoms with van der Waals surface area (Å²) < 4.78 is 0. The summed E-state index contributed by atoms with van der Waals surface area (Å²) in [6.07, 6.45) is 4.35. The lowest BCUT2D eigenvalue weighted by atomic mass is 10.1. The van der Waals surface area contributed by atoms with Crippen molar-refractivity contribution < 1.29 is 14.4 Å². The molecule has 4 nitrogen and oxygen atoms in total. The molecule has 0 atom stereocenters. The SMILES string of the molecule is CC1=CC(=O)C=CC1=NOC(=O)c1ccc(C)cc1. The van der Waals surface area contributed by atoms with Crippen molar-refractivity contribution in [2.45, 2.75) is 13.8 Å². The first-order valence-corrected chi connectivity index (χ1v) is 5.83. The van der Waals surface area contributed by atoms with Crippen LogP contribution >= 0.6 is 0 Å². The summed E-state index contributed by atoms with van der Waals surface area (Å²) in [6.45, 7) is 3.67. The van der Waals surface area contributed by atoms with Crippen molar-refractivity contribution in [3.05, 3.63) is 59.2 Å². The van der Waals surface area contributed by atoms with Crippen molar-refractivity contribution in [2.75, 3.05) is 0 Å². The molecule has 0 spiro atoms. The predicted octanol–water partition coefficient (Wildman–Crippen LogP) is 2.59. The van der Waals surface area contributed by atoms with E-state index < -0.39 is 5.97 Å². The molecule has 0 fully saturated rings. The van der Waals surface area contributed by atoms with E-state index in [4.69, 9.17) is 4.84 Å². The van der Waals surface area contributed by atoms with E-state index in [0.717, 1.165) is 5.56 Å². The number of nitrogens with zero attached hydrogens (tertiary/aromatic N) is 1. The summed E-state index contributed by atoms with van der Waals surface area (Å²) in [7, 11) is 0. The van der Waals surface area contributed by atoms with E-state index in [9.17, 15) is 9.59 Å². The zero-order valence-electron chi connectivity index (χ0n) is 10.7. The van der Waals surface area contributed by atoms with Crippen LogP contribution in [-0.4, -0.2) is 17.5 Å². The molecule has 1 aliphatic carbocycles. The van der Waals surface area contributed by atoms with Crippen LogP contribution < -0.4 is 0 Å². The molecule has 19 heavy (non-hydrogen) atoms. The standard InChI is InChI=1S/C15H13NO3/c1-10-3-5-12(6-4-10)15(18)19-16-14-8-7-13(17)9-11(14)2/h3-9H,1-2H3. The van der Waals surface area contributed by atoms with Gasteiger partial charge in [0.25, 0.3) is 0 Å². The normalized spacial score (nSPS) is 16.4. The molecule has 0 saturated carbocycles. The highest BCUT2D eigenvalue weighted by Gasteiger charge is 2.10. The second-order valence-electron chi connectivity index (χ2n) is 4.28. The van der Waals surface area contributed by atoms with Gasteiger partial charge in [-0.2, -0.15) is 0 Å². The van der Waals surface area contributed by atoms with Crippen molar-refractivity contribution in [3.63, 3.8) is 0 Å².